The SMILES string of the molecule is O=c1oc2c3cccc(Br)c3[nH]c(=O)c2c2c1oc1ccccc12. The number of para-hydroxylation sites is 2. The first-order valence-corrected chi connectivity index (χ1v) is 8.03. The summed E-state index contributed by atoms with van der Waals surface area (Å²) in [6.07, 6.45) is 0. The van der Waals surface area contributed by atoms with Crippen LogP contribution >= 0.6 is 15.9 Å². The highest BCUT2D eigenvalue weighted by atomic mass is 79.9. The number of aromatic nitrogens is 1. The van der Waals surface area contributed by atoms with Gasteiger partial charge in [-0.1, -0.05) is 24.3 Å². The average Bonchev–Trinajstić information content (AvgIpc) is 2.96. The number of aromatic amines is 1. The molecule has 5 rings (SSSR count). The van der Waals surface area contributed by atoms with E-state index in [1.54, 1.807) is 12.1 Å². The lowest BCUT2D eigenvalue weighted by Crippen LogP contribution is -2.10. The van der Waals surface area contributed by atoms with E-state index in [1.807, 2.05) is 30.3 Å². The van der Waals surface area contributed by atoms with Crippen LogP contribution in [0.5, 0.6) is 0 Å². The van der Waals surface area contributed by atoms with Crippen LogP contribution in [0, 0.1) is 0 Å². The molecule has 116 valence electrons. The summed E-state index contributed by atoms with van der Waals surface area (Å²) in [6.45, 7) is 0. The van der Waals surface area contributed by atoms with Gasteiger partial charge in [-0.05, 0) is 34.1 Å². The quantitative estimate of drug-likeness (QED) is 0.405. The van der Waals surface area contributed by atoms with E-state index in [9.17, 15) is 9.59 Å². The van der Waals surface area contributed by atoms with Crippen LogP contribution in [-0.2, 0) is 0 Å². The second kappa shape index (κ2) is 4.58. The maximum Gasteiger partial charge on any atom is 0.380 e. The monoisotopic (exact) mass is 381 g/mol. The zero-order valence-corrected chi connectivity index (χ0v) is 13.6. The number of rotatable bonds is 0. The fourth-order valence-electron chi connectivity index (χ4n) is 3.16. The van der Waals surface area contributed by atoms with E-state index in [0.29, 0.717) is 32.6 Å². The van der Waals surface area contributed by atoms with E-state index in [2.05, 4.69) is 20.9 Å². The number of benzene rings is 2. The van der Waals surface area contributed by atoms with Crippen molar-refractivity contribution in [2.24, 2.45) is 0 Å². The van der Waals surface area contributed by atoms with Crippen LogP contribution in [0.25, 0.3) is 43.8 Å². The molecule has 3 aromatic heterocycles. The molecule has 0 aliphatic heterocycles. The number of H-pyrrole nitrogens is 1. The van der Waals surface area contributed by atoms with Crippen molar-refractivity contribution in [3.05, 3.63) is 67.7 Å². The molecule has 0 radical (unpaired) electrons. The summed E-state index contributed by atoms with van der Waals surface area (Å²) >= 11 is 3.41. The third-order valence-electron chi connectivity index (χ3n) is 4.18. The largest absolute Gasteiger partial charge is 0.448 e. The molecule has 0 aliphatic rings. The number of hydrogen-bond acceptors (Lipinski definition) is 4. The molecule has 5 aromatic rings. The van der Waals surface area contributed by atoms with Gasteiger partial charge in [0.25, 0.3) is 5.56 Å². The summed E-state index contributed by atoms with van der Waals surface area (Å²) in [5, 5.41) is 2.17. The highest BCUT2D eigenvalue weighted by molar-refractivity contribution is 9.10. The minimum Gasteiger partial charge on any atom is -0.448 e. The van der Waals surface area contributed by atoms with E-state index in [4.69, 9.17) is 8.83 Å². The van der Waals surface area contributed by atoms with Crippen LogP contribution in [0.3, 0.4) is 0 Å². The van der Waals surface area contributed by atoms with Gasteiger partial charge in [0.1, 0.15) is 5.58 Å². The van der Waals surface area contributed by atoms with Gasteiger partial charge >= 0.3 is 5.63 Å². The van der Waals surface area contributed by atoms with Crippen molar-refractivity contribution in [1.29, 1.82) is 0 Å². The van der Waals surface area contributed by atoms with Crippen molar-refractivity contribution in [3.8, 4) is 0 Å². The number of pyridine rings is 1. The van der Waals surface area contributed by atoms with Gasteiger partial charge in [0.15, 0.2) is 5.58 Å². The van der Waals surface area contributed by atoms with Crippen molar-refractivity contribution in [2.45, 2.75) is 0 Å². The molecule has 1 N–H and O–H groups in total. The molecule has 0 amide bonds. The first-order chi connectivity index (χ1) is 11.6. The van der Waals surface area contributed by atoms with Crippen molar-refractivity contribution in [3.63, 3.8) is 0 Å². The highest BCUT2D eigenvalue weighted by Crippen LogP contribution is 2.34. The van der Waals surface area contributed by atoms with Crippen molar-refractivity contribution < 1.29 is 8.83 Å². The van der Waals surface area contributed by atoms with Crippen LogP contribution in [0.1, 0.15) is 0 Å². The van der Waals surface area contributed by atoms with Gasteiger partial charge in [-0.3, -0.25) is 4.79 Å². The molecule has 24 heavy (non-hydrogen) atoms. The molecule has 0 saturated heterocycles. The van der Waals surface area contributed by atoms with Gasteiger partial charge in [-0.15, -0.1) is 0 Å². The predicted molar refractivity (Wildman–Crippen MR) is 95.6 cm³/mol. The standard InChI is InChI=1S/C18H8BrNO4/c19-10-6-3-5-9-14(10)20-17(21)13-12-8-4-1-2-7-11(8)23-16(12)18(22)24-15(9)13/h1-7H,(H,20,21). The minimum atomic E-state index is -0.597. The molecule has 0 unspecified atom stereocenters. The fourth-order valence-corrected chi connectivity index (χ4v) is 3.63. The van der Waals surface area contributed by atoms with Gasteiger partial charge in [0.05, 0.1) is 16.3 Å². The molecule has 0 atom stereocenters. The summed E-state index contributed by atoms with van der Waals surface area (Å²) in [6, 6.07) is 12.7. The molecule has 0 saturated carbocycles. The second-order valence-corrected chi connectivity index (χ2v) is 6.37. The Labute approximate surface area is 141 Å². The van der Waals surface area contributed by atoms with Crippen LogP contribution in [0.2, 0.25) is 0 Å². The van der Waals surface area contributed by atoms with Crippen LogP contribution in [0.15, 0.2) is 65.4 Å². The van der Waals surface area contributed by atoms with Crippen molar-refractivity contribution in [2.75, 3.05) is 0 Å². The first kappa shape index (κ1) is 13.6. The summed E-state index contributed by atoms with van der Waals surface area (Å²) < 4.78 is 11.8. The smallest absolute Gasteiger partial charge is 0.380 e. The van der Waals surface area contributed by atoms with E-state index >= 15 is 0 Å². The molecule has 0 bridgehead atoms. The Hall–Kier alpha value is -2.86. The molecule has 5 nitrogen and oxygen atoms in total. The minimum absolute atomic E-state index is 0.0588. The maximum absolute atomic E-state index is 12.7. The van der Waals surface area contributed by atoms with Crippen LogP contribution in [0.4, 0.5) is 0 Å². The van der Waals surface area contributed by atoms with E-state index < -0.39 is 5.63 Å². The summed E-state index contributed by atoms with van der Waals surface area (Å²) in [4.78, 5) is 28.0. The fraction of sp³-hybridized carbons (Fsp3) is 0. The maximum atomic E-state index is 12.7. The molecule has 0 aliphatic carbocycles. The number of nitrogens with one attached hydrogen (secondary N) is 1. The summed E-state index contributed by atoms with van der Waals surface area (Å²) in [5.74, 6) is 0. The number of fused-ring (bicyclic) bond motifs is 7. The van der Waals surface area contributed by atoms with Gasteiger partial charge in [0.2, 0.25) is 5.58 Å². The third-order valence-corrected chi connectivity index (χ3v) is 4.84. The lowest BCUT2D eigenvalue weighted by molar-refractivity contribution is 0.546. The average molecular weight is 382 g/mol. The molecule has 3 heterocycles. The number of hydrogen-bond donors (Lipinski definition) is 1. The Morgan fingerprint density at radius 3 is 2.50 bits per heavy atom. The zero-order chi connectivity index (χ0) is 16.4. The molecular formula is C18H8BrNO4. The predicted octanol–water partition coefficient (Wildman–Crippen LogP) is 4.30. The Morgan fingerprint density at radius 1 is 0.833 bits per heavy atom. The highest BCUT2D eigenvalue weighted by Gasteiger charge is 2.20. The Balaban J connectivity index is 2.22. The lowest BCUT2D eigenvalue weighted by atomic mass is 10.1. The summed E-state index contributed by atoms with van der Waals surface area (Å²) in [7, 11) is 0. The molecular weight excluding hydrogens is 374 g/mol. The van der Waals surface area contributed by atoms with Crippen molar-refractivity contribution in [1.82, 2.24) is 4.98 Å². The first-order valence-electron chi connectivity index (χ1n) is 7.24. The normalized spacial score (nSPS) is 11.9. The number of halogens is 1. The Bertz CT molecular complexity index is 1410. The lowest BCUT2D eigenvalue weighted by Gasteiger charge is -2.04. The van der Waals surface area contributed by atoms with Crippen molar-refractivity contribution >= 4 is 59.7 Å². The van der Waals surface area contributed by atoms with Crippen LogP contribution in [-0.4, -0.2) is 4.98 Å². The van der Waals surface area contributed by atoms with Gasteiger partial charge in [-0.2, -0.15) is 0 Å². The Morgan fingerprint density at radius 2 is 1.62 bits per heavy atom. The second-order valence-electron chi connectivity index (χ2n) is 5.51. The molecule has 0 fully saturated rings. The summed E-state index contributed by atoms with van der Waals surface area (Å²) in [5.41, 5.74) is 0.527. The zero-order valence-electron chi connectivity index (χ0n) is 12.1. The third kappa shape index (κ3) is 1.63. The molecule has 0 spiro atoms. The van der Waals surface area contributed by atoms with Gasteiger partial charge in [0, 0.05) is 15.2 Å². The van der Waals surface area contributed by atoms with E-state index in [-0.39, 0.29) is 16.7 Å². The van der Waals surface area contributed by atoms with E-state index in [0.717, 1.165) is 4.47 Å². The van der Waals surface area contributed by atoms with Crippen LogP contribution < -0.4 is 11.2 Å². The molecule has 6 heteroatoms. The molecule has 2 aromatic carbocycles. The Kier molecular flexibility index (Phi) is 2.59. The van der Waals surface area contributed by atoms with Gasteiger partial charge in [-0.25, -0.2) is 4.79 Å². The number of furan rings is 1. The van der Waals surface area contributed by atoms with E-state index in [1.165, 1.54) is 0 Å². The van der Waals surface area contributed by atoms with Gasteiger partial charge < -0.3 is 13.8 Å². The topological polar surface area (TPSA) is 76.2 Å².